The number of aromatic nitrogens is 2. The fourth-order valence-corrected chi connectivity index (χ4v) is 1.59. The maximum absolute atomic E-state index is 10.0. The second-order valence-electron chi connectivity index (χ2n) is 3.83. The SMILES string of the molecule is Cc1ccnc(C(O)Cc2ccncc2)c1. The third-order valence-electron chi connectivity index (χ3n) is 2.46. The van der Waals surface area contributed by atoms with Gasteiger partial charge in [0, 0.05) is 25.0 Å². The monoisotopic (exact) mass is 214 g/mol. The van der Waals surface area contributed by atoms with Crippen LogP contribution in [0.3, 0.4) is 0 Å². The van der Waals surface area contributed by atoms with Gasteiger partial charge in [0.2, 0.25) is 0 Å². The zero-order valence-electron chi connectivity index (χ0n) is 9.17. The van der Waals surface area contributed by atoms with Crippen molar-refractivity contribution in [2.75, 3.05) is 0 Å². The van der Waals surface area contributed by atoms with E-state index in [1.807, 2.05) is 31.2 Å². The first-order valence-corrected chi connectivity index (χ1v) is 5.25. The van der Waals surface area contributed by atoms with Crippen LogP contribution >= 0.6 is 0 Å². The molecular formula is C13H14N2O. The van der Waals surface area contributed by atoms with Crippen LogP contribution in [0.4, 0.5) is 0 Å². The molecule has 0 bridgehead atoms. The molecule has 3 heteroatoms. The molecule has 0 radical (unpaired) electrons. The zero-order valence-corrected chi connectivity index (χ0v) is 9.17. The van der Waals surface area contributed by atoms with E-state index < -0.39 is 6.10 Å². The van der Waals surface area contributed by atoms with Crippen LogP contribution < -0.4 is 0 Å². The molecule has 1 N–H and O–H groups in total. The molecule has 0 aliphatic heterocycles. The molecule has 16 heavy (non-hydrogen) atoms. The van der Waals surface area contributed by atoms with E-state index in [0.717, 1.165) is 16.8 Å². The lowest BCUT2D eigenvalue weighted by Crippen LogP contribution is -2.04. The van der Waals surface area contributed by atoms with Crippen molar-refractivity contribution in [2.24, 2.45) is 0 Å². The standard InChI is InChI=1S/C13H14N2O/c1-10-2-7-15-12(8-10)13(16)9-11-3-5-14-6-4-11/h2-8,13,16H,9H2,1H3. The van der Waals surface area contributed by atoms with Crippen LogP contribution in [0.15, 0.2) is 42.9 Å². The predicted octanol–water partition coefficient (Wildman–Crippen LogP) is 2.06. The first kappa shape index (κ1) is 10.8. The predicted molar refractivity (Wildman–Crippen MR) is 61.9 cm³/mol. The van der Waals surface area contributed by atoms with Gasteiger partial charge in [-0.3, -0.25) is 9.97 Å². The van der Waals surface area contributed by atoms with Crippen molar-refractivity contribution < 1.29 is 5.11 Å². The second kappa shape index (κ2) is 4.86. The van der Waals surface area contributed by atoms with Crippen LogP contribution in [-0.4, -0.2) is 15.1 Å². The summed E-state index contributed by atoms with van der Waals surface area (Å²) in [5.74, 6) is 0. The first-order valence-electron chi connectivity index (χ1n) is 5.25. The van der Waals surface area contributed by atoms with Crippen LogP contribution in [0.5, 0.6) is 0 Å². The van der Waals surface area contributed by atoms with Gasteiger partial charge in [-0.15, -0.1) is 0 Å². The van der Waals surface area contributed by atoms with Gasteiger partial charge < -0.3 is 5.11 Å². The van der Waals surface area contributed by atoms with Gasteiger partial charge in [-0.1, -0.05) is 0 Å². The highest BCUT2D eigenvalue weighted by atomic mass is 16.3. The summed E-state index contributed by atoms with van der Waals surface area (Å²) in [4.78, 5) is 8.11. The van der Waals surface area contributed by atoms with E-state index in [-0.39, 0.29) is 0 Å². The first-order chi connectivity index (χ1) is 7.75. The molecular weight excluding hydrogens is 200 g/mol. The summed E-state index contributed by atoms with van der Waals surface area (Å²) in [6, 6.07) is 7.63. The third-order valence-corrected chi connectivity index (χ3v) is 2.46. The van der Waals surface area contributed by atoms with Gasteiger partial charge in [0.05, 0.1) is 11.8 Å². The minimum Gasteiger partial charge on any atom is -0.386 e. The van der Waals surface area contributed by atoms with Gasteiger partial charge in [-0.2, -0.15) is 0 Å². The highest BCUT2D eigenvalue weighted by Gasteiger charge is 2.09. The van der Waals surface area contributed by atoms with Crippen LogP contribution in [0.25, 0.3) is 0 Å². The Kier molecular flexibility index (Phi) is 3.27. The molecule has 2 aromatic rings. The van der Waals surface area contributed by atoms with E-state index in [0.29, 0.717) is 6.42 Å². The third kappa shape index (κ3) is 2.64. The van der Waals surface area contributed by atoms with Gasteiger partial charge in [0.25, 0.3) is 0 Å². The lowest BCUT2D eigenvalue weighted by molar-refractivity contribution is 0.173. The Morgan fingerprint density at radius 2 is 1.94 bits per heavy atom. The fraction of sp³-hybridized carbons (Fsp3) is 0.231. The van der Waals surface area contributed by atoms with E-state index >= 15 is 0 Å². The minimum atomic E-state index is -0.553. The topological polar surface area (TPSA) is 46.0 Å². The van der Waals surface area contributed by atoms with Crippen molar-refractivity contribution in [1.29, 1.82) is 0 Å². The molecule has 0 aliphatic rings. The summed E-state index contributed by atoms with van der Waals surface area (Å²) in [5.41, 5.74) is 2.89. The molecule has 0 saturated heterocycles. The molecule has 2 aromatic heterocycles. The number of rotatable bonds is 3. The molecule has 0 spiro atoms. The van der Waals surface area contributed by atoms with E-state index in [2.05, 4.69) is 9.97 Å². The number of nitrogens with zero attached hydrogens (tertiary/aromatic N) is 2. The van der Waals surface area contributed by atoms with Crippen molar-refractivity contribution in [3.05, 3.63) is 59.7 Å². The number of aliphatic hydroxyl groups excluding tert-OH is 1. The average Bonchev–Trinajstić information content (AvgIpc) is 2.30. The second-order valence-corrected chi connectivity index (χ2v) is 3.83. The van der Waals surface area contributed by atoms with Crippen LogP contribution in [-0.2, 0) is 6.42 Å². The smallest absolute Gasteiger partial charge is 0.1000 e. The summed E-state index contributed by atoms with van der Waals surface area (Å²) in [6.45, 7) is 1.99. The fourth-order valence-electron chi connectivity index (χ4n) is 1.59. The van der Waals surface area contributed by atoms with Crippen molar-refractivity contribution in [1.82, 2.24) is 9.97 Å². The number of aryl methyl sites for hydroxylation is 1. The number of aliphatic hydroxyl groups is 1. The Labute approximate surface area is 94.8 Å². The lowest BCUT2D eigenvalue weighted by atomic mass is 10.1. The Balaban J connectivity index is 2.12. The molecule has 0 aromatic carbocycles. The van der Waals surface area contributed by atoms with Gasteiger partial charge in [0.1, 0.15) is 0 Å². The molecule has 0 aliphatic carbocycles. The van der Waals surface area contributed by atoms with Crippen LogP contribution in [0, 0.1) is 6.92 Å². The van der Waals surface area contributed by atoms with E-state index in [4.69, 9.17) is 0 Å². The Morgan fingerprint density at radius 1 is 1.19 bits per heavy atom. The molecule has 2 heterocycles. The maximum Gasteiger partial charge on any atom is 0.1000 e. The average molecular weight is 214 g/mol. The van der Waals surface area contributed by atoms with Gasteiger partial charge in [-0.25, -0.2) is 0 Å². The summed E-state index contributed by atoms with van der Waals surface area (Å²) in [6.07, 6.45) is 5.19. The van der Waals surface area contributed by atoms with Crippen LogP contribution in [0.1, 0.15) is 22.9 Å². The number of pyridine rings is 2. The molecule has 0 saturated carbocycles. The molecule has 82 valence electrons. The summed E-state index contributed by atoms with van der Waals surface area (Å²) in [5, 5.41) is 10.0. The van der Waals surface area contributed by atoms with E-state index in [9.17, 15) is 5.11 Å². The lowest BCUT2D eigenvalue weighted by Gasteiger charge is -2.10. The summed E-state index contributed by atoms with van der Waals surface area (Å²) >= 11 is 0. The van der Waals surface area contributed by atoms with Crippen molar-refractivity contribution in [2.45, 2.75) is 19.4 Å². The molecule has 2 rings (SSSR count). The molecule has 1 unspecified atom stereocenters. The highest BCUT2D eigenvalue weighted by Crippen LogP contribution is 2.16. The zero-order chi connectivity index (χ0) is 11.4. The Bertz CT molecular complexity index is 456. The van der Waals surface area contributed by atoms with E-state index in [1.54, 1.807) is 18.6 Å². The normalized spacial score (nSPS) is 12.4. The summed E-state index contributed by atoms with van der Waals surface area (Å²) in [7, 11) is 0. The highest BCUT2D eigenvalue weighted by molar-refractivity contribution is 5.19. The quantitative estimate of drug-likeness (QED) is 0.850. The largest absolute Gasteiger partial charge is 0.386 e. The number of hydrogen-bond donors (Lipinski definition) is 1. The van der Waals surface area contributed by atoms with Gasteiger partial charge >= 0.3 is 0 Å². The Hall–Kier alpha value is -1.74. The van der Waals surface area contributed by atoms with E-state index in [1.165, 1.54) is 0 Å². The molecule has 1 atom stereocenters. The molecule has 0 amide bonds. The molecule has 3 nitrogen and oxygen atoms in total. The van der Waals surface area contributed by atoms with Crippen LogP contribution in [0.2, 0.25) is 0 Å². The van der Waals surface area contributed by atoms with Crippen molar-refractivity contribution >= 4 is 0 Å². The Morgan fingerprint density at radius 3 is 2.62 bits per heavy atom. The summed E-state index contributed by atoms with van der Waals surface area (Å²) < 4.78 is 0. The van der Waals surface area contributed by atoms with Gasteiger partial charge in [-0.05, 0) is 42.3 Å². The minimum absolute atomic E-state index is 0.553. The molecule has 0 fully saturated rings. The number of hydrogen-bond acceptors (Lipinski definition) is 3. The van der Waals surface area contributed by atoms with Crippen molar-refractivity contribution in [3.8, 4) is 0 Å². The maximum atomic E-state index is 10.0. The van der Waals surface area contributed by atoms with Gasteiger partial charge in [0.15, 0.2) is 0 Å². The van der Waals surface area contributed by atoms with Crippen molar-refractivity contribution in [3.63, 3.8) is 0 Å².